The number of carbonyl (C=O) groups excluding carboxylic acids is 2. The fraction of sp³-hybridized carbons (Fsp3) is 0.500. The quantitative estimate of drug-likeness (QED) is 0.798. The second-order valence-corrected chi connectivity index (χ2v) is 7.34. The molecule has 1 aromatic rings. The van der Waals surface area contributed by atoms with E-state index in [4.69, 9.17) is 21.1 Å². The fourth-order valence-electron chi connectivity index (χ4n) is 1.56. The van der Waals surface area contributed by atoms with E-state index in [2.05, 4.69) is 0 Å². The summed E-state index contributed by atoms with van der Waals surface area (Å²) >= 11 is 6.04. The Balaban J connectivity index is 3.25. The molecule has 0 aromatic heterocycles. The number of imide groups is 1. The molecule has 0 heterocycles. The second kappa shape index (κ2) is 6.66. The molecular formula is C16H22ClNO5. The van der Waals surface area contributed by atoms with Gasteiger partial charge in [-0.3, -0.25) is 0 Å². The van der Waals surface area contributed by atoms with Crippen molar-refractivity contribution in [2.75, 3.05) is 4.90 Å². The number of hydrogen-bond donors (Lipinski definition) is 1. The van der Waals surface area contributed by atoms with Crippen LogP contribution in [-0.2, 0) is 9.47 Å². The molecule has 0 spiro atoms. The molecule has 7 heteroatoms. The smallest absolute Gasteiger partial charge is 0.424 e. The Morgan fingerprint density at radius 3 is 1.78 bits per heavy atom. The van der Waals surface area contributed by atoms with Gasteiger partial charge in [0.25, 0.3) is 0 Å². The zero-order valence-electron chi connectivity index (χ0n) is 14.1. The minimum Gasteiger partial charge on any atom is -0.508 e. The van der Waals surface area contributed by atoms with E-state index >= 15 is 0 Å². The Hall–Kier alpha value is -1.95. The van der Waals surface area contributed by atoms with Crippen molar-refractivity contribution in [1.29, 1.82) is 0 Å². The molecule has 128 valence electrons. The Morgan fingerprint density at radius 2 is 1.43 bits per heavy atom. The zero-order valence-corrected chi connectivity index (χ0v) is 14.9. The number of phenolic OH excluding ortho intramolecular Hbond substituents is 1. The van der Waals surface area contributed by atoms with E-state index in [1.165, 1.54) is 18.2 Å². The molecule has 0 bridgehead atoms. The third-order valence-electron chi connectivity index (χ3n) is 2.32. The van der Waals surface area contributed by atoms with Gasteiger partial charge in [-0.25, -0.2) is 9.59 Å². The minimum atomic E-state index is -0.917. The number of rotatable bonds is 1. The number of carbonyl (C=O) groups is 2. The molecule has 0 aliphatic carbocycles. The van der Waals surface area contributed by atoms with Crippen LogP contribution in [0.3, 0.4) is 0 Å². The van der Waals surface area contributed by atoms with Crippen molar-refractivity contribution in [3.63, 3.8) is 0 Å². The molecule has 0 aliphatic rings. The lowest BCUT2D eigenvalue weighted by Crippen LogP contribution is -2.44. The highest BCUT2D eigenvalue weighted by Gasteiger charge is 2.33. The van der Waals surface area contributed by atoms with E-state index in [9.17, 15) is 14.7 Å². The SMILES string of the molecule is CC(C)(C)OC(=O)N(C(=O)OC(C)(C)C)c1ccc(O)cc1Cl. The van der Waals surface area contributed by atoms with Gasteiger partial charge in [0.1, 0.15) is 17.0 Å². The largest absolute Gasteiger partial charge is 0.508 e. The number of halogens is 1. The van der Waals surface area contributed by atoms with Gasteiger partial charge < -0.3 is 14.6 Å². The lowest BCUT2D eigenvalue weighted by Gasteiger charge is -2.29. The van der Waals surface area contributed by atoms with Gasteiger partial charge in [0.2, 0.25) is 0 Å². The Kier molecular flexibility index (Phi) is 5.53. The van der Waals surface area contributed by atoms with E-state index < -0.39 is 23.4 Å². The number of benzene rings is 1. The van der Waals surface area contributed by atoms with Crippen LogP contribution in [-0.4, -0.2) is 28.5 Å². The van der Waals surface area contributed by atoms with E-state index in [0.717, 1.165) is 0 Å². The summed E-state index contributed by atoms with van der Waals surface area (Å²) in [5.41, 5.74) is -1.55. The molecule has 0 aliphatic heterocycles. The van der Waals surface area contributed by atoms with Gasteiger partial charge in [0.15, 0.2) is 0 Å². The van der Waals surface area contributed by atoms with Crippen LogP contribution >= 0.6 is 11.6 Å². The number of aromatic hydroxyl groups is 1. The Labute approximate surface area is 140 Å². The summed E-state index contributed by atoms with van der Waals surface area (Å²) in [4.78, 5) is 25.5. The number of amides is 2. The van der Waals surface area contributed by atoms with Crippen molar-refractivity contribution in [1.82, 2.24) is 0 Å². The molecule has 0 radical (unpaired) electrons. The monoisotopic (exact) mass is 343 g/mol. The van der Waals surface area contributed by atoms with Gasteiger partial charge in [-0.2, -0.15) is 4.90 Å². The van der Waals surface area contributed by atoms with Crippen LogP contribution in [0.1, 0.15) is 41.5 Å². The molecule has 1 rings (SSSR count). The molecule has 2 amide bonds. The zero-order chi connectivity index (χ0) is 18.0. The number of phenols is 1. The molecule has 0 saturated carbocycles. The van der Waals surface area contributed by atoms with Gasteiger partial charge in [0.05, 0.1) is 10.7 Å². The van der Waals surface area contributed by atoms with Gasteiger partial charge in [-0.1, -0.05) is 11.6 Å². The van der Waals surface area contributed by atoms with Gasteiger partial charge in [-0.05, 0) is 53.7 Å². The highest BCUT2D eigenvalue weighted by molar-refractivity contribution is 6.35. The molecular weight excluding hydrogens is 322 g/mol. The van der Waals surface area contributed by atoms with Crippen LogP contribution in [0.25, 0.3) is 0 Å². The first-order valence-corrected chi connectivity index (χ1v) is 7.42. The van der Waals surface area contributed by atoms with E-state index in [1.54, 1.807) is 41.5 Å². The second-order valence-electron chi connectivity index (χ2n) is 6.93. The topological polar surface area (TPSA) is 76.1 Å². The van der Waals surface area contributed by atoms with E-state index in [-0.39, 0.29) is 16.5 Å². The average molecular weight is 344 g/mol. The number of ether oxygens (including phenoxy) is 2. The summed E-state index contributed by atoms with van der Waals surface area (Å²) < 4.78 is 10.5. The van der Waals surface area contributed by atoms with Crippen molar-refractivity contribution < 1.29 is 24.2 Å². The first kappa shape index (κ1) is 19.1. The molecule has 0 unspecified atom stereocenters. The van der Waals surface area contributed by atoms with Crippen molar-refractivity contribution in [3.05, 3.63) is 23.2 Å². The molecule has 1 aromatic carbocycles. The van der Waals surface area contributed by atoms with Crippen molar-refractivity contribution in [3.8, 4) is 5.75 Å². The van der Waals surface area contributed by atoms with Gasteiger partial charge >= 0.3 is 12.2 Å². The highest BCUT2D eigenvalue weighted by Crippen LogP contribution is 2.31. The van der Waals surface area contributed by atoms with Gasteiger partial charge in [-0.15, -0.1) is 0 Å². The number of hydrogen-bond acceptors (Lipinski definition) is 5. The third-order valence-corrected chi connectivity index (χ3v) is 2.63. The summed E-state index contributed by atoms with van der Waals surface area (Å²) in [7, 11) is 0. The van der Waals surface area contributed by atoms with Crippen molar-refractivity contribution >= 4 is 29.5 Å². The maximum absolute atomic E-state index is 12.4. The summed E-state index contributed by atoms with van der Waals surface area (Å²) in [5.74, 6) is -0.0907. The van der Waals surface area contributed by atoms with Crippen LogP contribution in [0.2, 0.25) is 5.02 Å². The predicted molar refractivity (Wildman–Crippen MR) is 88.1 cm³/mol. The van der Waals surface area contributed by atoms with Crippen LogP contribution in [0.4, 0.5) is 15.3 Å². The van der Waals surface area contributed by atoms with Crippen LogP contribution in [0.5, 0.6) is 5.75 Å². The third kappa shape index (κ3) is 5.98. The normalized spacial score (nSPS) is 11.8. The van der Waals surface area contributed by atoms with Crippen LogP contribution in [0.15, 0.2) is 18.2 Å². The molecule has 0 fully saturated rings. The maximum atomic E-state index is 12.4. The fourth-order valence-corrected chi connectivity index (χ4v) is 1.82. The van der Waals surface area contributed by atoms with Crippen molar-refractivity contribution in [2.24, 2.45) is 0 Å². The predicted octanol–water partition coefficient (Wildman–Crippen LogP) is 4.72. The molecule has 23 heavy (non-hydrogen) atoms. The lowest BCUT2D eigenvalue weighted by atomic mass is 10.2. The summed E-state index contributed by atoms with van der Waals surface area (Å²) in [6, 6.07) is 3.87. The van der Waals surface area contributed by atoms with Crippen LogP contribution in [0, 0.1) is 0 Å². The number of anilines is 1. The van der Waals surface area contributed by atoms with E-state index in [1.807, 2.05) is 0 Å². The maximum Gasteiger partial charge on any atom is 0.424 e. The minimum absolute atomic E-state index is 0.0155. The first-order valence-electron chi connectivity index (χ1n) is 7.05. The molecule has 0 saturated heterocycles. The molecule has 0 atom stereocenters. The molecule has 1 N–H and O–H groups in total. The van der Waals surface area contributed by atoms with Crippen LogP contribution < -0.4 is 4.90 Å². The van der Waals surface area contributed by atoms with Gasteiger partial charge in [0, 0.05) is 6.07 Å². The Bertz CT molecular complexity index is 573. The Morgan fingerprint density at radius 1 is 1.00 bits per heavy atom. The lowest BCUT2D eigenvalue weighted by molar-refractivity contribution is 0.0430. The number of nitrogens with zero attached hydrogens (tertiary/aromatic N) is 1. The standard InChI is InChI=1S/C16H22ClNO5/c1-15(2,3)22-13(20)18(14(21)23-16(4,5)6)12-8-7-10(19)9-11(12)17/h7-9,19H,1-6H3. The van der Waals surface area contributed by atoms with E-state index in [0.29, 0.717) is 4.90 Å². The summed E-state index contributed by atoms with van der Waals surface area (Å²) in [5, 5.41) is 9.45. The van der Waals surface area contributed by atoms with Crippen molar-refractivity contribution in [2.45, 2.75) is 52.7 Å². The molecule has 6 nitrogen and oxygen atoms in total. The highest BCUT2D eigenvalue weighted by atomic mass is 35.5. The average Bonchev–Trinajstić information content (AvgIpc) is 2.27. The summed E-state index contributed by atoms with van der Waals surface area (Å²) in [6.45, 7) is 10.1. The summed E-state index contributed by atoms with van der Waals surface area (Å²) in [6.07, 6.45) is -1.83. The first-order chi connectivity index (χ1) is 10.3.